The van der Waals surface area contributed by atoms with E-state index in [4.69, 9.17) is 4.74 Å². The molecule has 0 spiro atoms. The van der Waals surface area contributed by atoms with Crippen molar-refractivity contribution in [2.75, 3.05) is 23.3 Å². The van der Waals surface area contributed by atoms with Crippen molar-refractivity contribution in [3.8, 4) is 5.69 Å². The molecule has 2 aromatic heterocycles. The Hall–Kier alpha value is -4.22. The molecule has 32 heavy (non-hydrogen) atoms. The zero-order chi connectivity index (χ0) is 22.8. The first kappa shape index (κ1) is 21.0. The number of amides is 3. The molecule has 0 bridgehead atoms. The monoisotopic (exact) mass is 441 g/mol. The number of halogens is 1. The molecule has 1 aliphatic rings. The average molecular weight is 441 g/mol. The van der Waals surface area contributed by atoms with Crippen molar-refractivity contribution in [2.45, 2.75) is 13.0 Å². The van der Waals surface area contributed by atoms with Gasteiger partial charge >= 0.3 is 6.09 Å². The van der Waals surface area contributed by atoms with E-state index in [9.17, 15) is 18.8 Å². The van der Waals surface area contributed by atoms with Crippen LogP contribution in [0.2, 0.25) is 0 Å². The Morgan fingerprint density at radius 1 is 1.31 bits per heavy atom. The Morgan fingerprint density at radius 3 is 2.81 bits per heavy atom. The van der Waals surface area contributed by atoms with Gasteiger partial charge in [-0.2, -0.15) is 5.10 Å². The summed E-state index contributed by atoms with van der Waals surface area (Å²) in [5.74, 6) is -0.959. The Bertz CT molecular complexity index is 1190. The molecule has 0 aliphatic carbocycles. The Labute approximate surface area is 181 Å². The van der Waals surface area contributed by atoms with Crippen molar-refractivity contribution in [3.63, 3.8) is 0 Å². The molecule has 1 aromatic carbocycles. The Morgan fingerprint density at radius 2 is 2.12 bits per heavy atom. The fraction of sp³-hybridized carbons (Fsp3) is 0.250. The van der Waals surface area contributed by atoms with Crippen LogP contribution in [0.4, 0.5) is 20.7 Å². The number of carbonyl (C=O) groups is 3. The van der Waals surface area contributed by atoms with Crippen LogP contribution in [-0.2, 0) is 16.6 Å². The predicted octanol–water partition coefficient (Wildman–Crippen LogP) is 1.46. The number of aryl methyl sites for hydroxylation is 1. The fourth-order valence-electron chi connectivity index (χ4n) is 3.20. The van der Waals surface area contributed by atoms with Gasteiger partial charge in [-0.25, -0.2) is 14.2 Å². The van der Waals surface area contributed by atoms with Gasteiger partial charge < -0.3 is 19.9 Å². The molecule has 0 saturated carbocycles. The van der Waals surface area contributed by atoms with E-state index in [0.29, 0.717) is 11.5 Å². The van der Waals surface area contributed by atoms with Gasteiger partial charge in [0, 0.05) is 32.4 Å². The number of rotatable bonds is 6. The third-order valence-corrected chi connectivity index (χ3v) is 4.74. The predicted molar refractivity (Wildman–Crippen MR) is 111 cm³/mol. The highest BCUT2D eigenvalue weighted by Crippen LogP contribution is 2.25. The second-order valence-corrected chi connectivity index (χ2v) is 7.18. The van der Waals surface area contributed by atoms with E-state index in [1.54, 1.807) is 30.1 Å². The summed E-state index contributed by atoms with van der Waals surface area (Å²) in [5.41, 5.74) is 0.554. The molecule has 3 amide bonds. The van der Waals surface area contributed by atoms with Crippen molar-refractivity contribution < 1.29 is 23.5 Å². The number of aromatic nitrogens is 4. The van der Waals surface area contributed by atoms with E-state index in [2.05, 4.69) is 20.7 Å². The lowest BCUT2D eigenvalue weighted by atomic mass is 10.2. The highest BCUT2D eigenvalue weighted by Gasteiger charge is 2.32. The second-order valence-electron chi connectivity index (χ2n) is 7.18. The molecule has 0 unspecified atom stereocenters. The standard InChI is InChI=1S/C20H20FN7O4/c1-12(29)22-8-14-9-28(20(31)32-14)13-3-4-17(15(21)7-13)27-10-16(23-11-27)19(30)24-18-5-6-26(2)25-18/h3-7,10-11,14H,8-9H2,1-2H3,(H,22,29)(H,24,25,30)/t14-/m0/s1. The van der Waals surface area contributed by atoms with Crippen molar-refractivity contribution >= 4 is 29.4 Å². The number of nitrogens with one attached hydrogen (secondary N) is 2. The van der Waals surface area contributed by atoms with E-state index in [1.807, 2.05) is 0 Å². The molecule has 2 N–H and O–H groups in total. The van der Waals surface area contributed by atoms with Crippen LogP contribution < -0.4 is 15.5 Å². The lowest BCUT2D eigenvalue weighted by Crippen LogP contribution is -2.33. The smallest absolute Gasteiger partial charge is 0.414 e. The summed E-state index contributed by atoms with van der Waals surface area (Å²) in [6.07, 6.45) is 3.25. The van der Waals surface area contributed by atoms with Crippen LogP contribution in [0.3, 0.4) is 0 Å². The first-order valence-electron chi connectivity index (χ1n) is 9.67. The lowest BCUT2D eigenvalue weighted by molar-refractivity contribution is -0.119. The van der Waals surface area contributed by atoms with E-state index in [1.165, 1.54) is 41.0 Å². The molecule has 11 nitrogen and oxygen atoms in total. The SMILES string of the molecule is CC(=O)NC[C@H]1CN(c2ccc(-n3cnc(C(=O)Nc4ccn(C)n4)c3)c(F)c2)C(=O)O1. The number of hydrogen-bond acceptors (Lipinski definition) is 6. The quantitative estimate of drug-likeness (QED) is 0.597. The normalized spacial score (nSPS) is 15.5. The zero-order valence-corrected chi connectivity index (χ0v) is 17.3. The number of nitrogens with zero attached hydrogens (tertiary/aromatic N) is 5. The summed E-state index contributed by atoms with van der Waals surface area (Å²) < 4.78 is 22.9. The summed E-state index contributed by atoms with van der Waals surface area (Å²) in [5, 5.41) is 9.25. The molecular formula is C20H20FN7O4. The summed E-state index contributed by atoms with van der Waals surface area (Å²) in [7, 11) is 1.72. The minimum atomic E-state index is -0.622. The summed E-state index contributed by atoms with van der Waals surface area (Å²) in [4.78, 5) is 40.8. The van der Waals surface area contributed by atoms with Crippen molar-refractivity contribution in [1.29, 1.82) is 0 Å². The number of cyclic esters (lactones) is 1. The van der Waals surface area contributed by atoms with Gasteiger partial charge in [-0.1, -0.05) is 0 Å². The third-order valence-electron chi connectivity index (χ3n) is 4.74. The molecule has 3 heterocycles. The van der Waals surface area contributed by atoms with Gasteiger partial charge in [0.1, 0.15) is 23.9 Å². The van der Waals surface area contributed by atoms with Crippen LogP contribution in [0.1, 0.15) is 17.4 Å². The van der Waals surface area contributed by atoms with Gasteiger partial charge in [-0.05, 0) is 18.2 Å². The number of hydrogen-bond donors (Lipinski definition) is 2. The Balaban J connectivity index is 1.46. The summed E-state index contributed by atoms with van der Waals surface area (Å²) in [6, 6.07) is 5.87. The Kier molecular flexibility index (Phi) is 5.58. The fourth-order valence-corrected chi connectivity index (χ4v) is 3.20. The first-order chi connectivity index (χ1) is 15.3. The van der Waals surface area contributed by atoms with Crippen molar-refractivity contribution in [1.82, 2.24) is 24.6 Å². The largest absolute Gasteiger partial charge is 0.442 e. The van der Waals surface area contributed by atoms with Gasteiger partial charge in [0.2, 0.25) is 5.91 Å². The van der Waals surface area contributed by atoms with Crippen LogP contribution in [0.5, 0.6) is 0 Å². The molecule has 1 fully saturated rings. The molecule has 1 saturated heterocycles. The topological polar surface area (TPSA) is 123 Å². The summed E-state index contributed by atoms with van der Waals surface area (Å²) in [6.45, 7) is 1.73. The van der Waals surface area contributed by atoms with Crippen LogP contribution >= 0.6 is 0 Å². The molecule has 3 aromatic rings. The minimum Gasteiger partial charge on any atom is -0.442 e. The van der Waals surface area contributed by atoms with Gasteiger partial charge in [0.05, 0.1) is 24.5 Å². The summed E-state index contributed by atoms with van der Waals surface area (Å²) >= 11 is 0. The second kappa shape index (κ2) is 8.49. The lowest BCUT2D eigenvalue weighted by Gasteiger charge is -2.14. The van der Waals surface area contributed by atoms with E-state index in [0.717, 1.165) is 0 Å². The molecule has 12 heteroatoms. The molecule has 4 rings (SSSR count). The van der Waals surface area contributed by atoms with Crippen molar-refractivity contribution in [3.05, 3.63) is 54.5 Å². The molecule has 0 radical (unpaired) electrons. The number of anilines is 2. The van der Waals surface area contributed by atoms with Gasteiger partial charge in [-0.3, -0.25) is 19.2 Å². The molecule has 1 aliphatic heterocycles. The maximum atomic E-state index is 14.8. The van der Waals surface area contributed by atoms with Crippen LogP contribution in [0.15, 0.2) is 43.0 Å². The van der Waals surface area contributed by atoms with E-state index >= 15 is 0 Å². The van der Waals surface area contributed by atoms with Gasteiger partial charge in [0.15, 0.2) is 5.82 Å². The number of imidazole rings is 1. The van der Waals surface area contributed by atoms with Crippen LogP contribution in [0, 0.1) is 5.82 Å². The van der Waals surface area contributed by atoms with E-state index in [-0.39, 0.29) is 30.4 Å². The van der Waals surface area contributed by atoms with Gasteiger partial charge in [0.25, 0.3) is 5.91 Å². The highest BCUT2D eigenvalue weighted by molar-refractivity contribution is 6.02. The van der Waals surface area contributed by atoms with Crippen LogP contribution in [0.25, 0.3) is 5.69 Å². The van der Waals surface area contributed by atoms with Crippen LogP contribution in [-0.4, -0.2) is 56.4 Å². The maximum Gasteiger partial charge on any atom is 0.414 e. The molecule has 1 atom stereocenters. The number of ether oxygens (including phenoxy) is 1. The zero-order valence-electron chi connectivity index (χ0n) is 17.3. The maximum absolute atomic E-state index is 14.8. The minimum absolute atomic E-state index is 0.0862. The molecule has 166 valence electrons. The number of benzene rings is 1. The van der Waals surface area contributed by atoms with Gasteiger partial charge in [-0.15, -0.1) is 0 Å². The van der Waals surface area contributed by atoms with Crippen molar-refractivity contribution in [2.24, 2.45) is 7.05 Å². The third kappa shape index (κ3) is 4.43. The highest BCUT2D eigenvalue weighted by atomic mass is 19.1. The molecular weight excluding hydrogens is 421 g/mol. The first-order valence-corrected chi connectivity index (χ1v) is 9.67. The van der Waals surface area contributed by atoms with E-state index < -0.39 is 23.9 Å². The average Bonchev–Trinajstić information content (AvgIpc) is 3.46. The number of carbonyl (C=O) groups excluding carboxylic acids is 3.